The maximum Gasteiger partial charge on any atom is 0.191 e. The highest BCUT2D eigenvalue weighted by atomic mass is 32.2. The molecule has 1 fully saturated rings. The van der Waals surface area contributed by atoms with Crippen molar-refractivity contribution in [3.8, 4) is 0 Å². The summed E-state index contributed by atoms with van der Waals surface area (Å²) in [5, 5.41) is 4.79. The zero-order chi connectivity index (χ0) is 13.0. The first kappa shape index (κ1) is 13.8. The molecule has 0 amide bonds. The van der Waals surface area contributed by atoms with E-state index in [1.165, 1.54) is 5.75 Å². The first-order chi connectivity index (χ1) is 8.72. The van der Waals surface area contributed by atoms with Crippen molar-refractivity contribution in [2.24, 2.45) is 0 Å². The number of nitrogens with one attached hydrogen (secondary N) is 1. The van der Waals surface area contributed by atoms with Crippen LogP contribution in [0.1, 0.15) is 13.8 Å². The maximum atomic E-state index is 4.62. The molecule has 4 nitrogen and oxygen atoms in total. The van der Waals surface area contributed by atoms with Crippen LogP contribution in [0.2, 0.25) is 0 Å². The van der Waals surface area contributed by atoms with Crippen molar-refractivity contribution in [1.29, 1.82) is 0 Å². The molecule has 1 aliphatic rings. The molecule has 0 aliphatic carbocycles. The standard InChI is InChI=1S/C12H20N4S2/c1-4-13-10-7-11(15-12(14-10)17-3)16-5-6-18-9(2)8-16/h7,9H,4-6,8H2,1-3H3,(H,13,14,15). The summed E-state index contributed by atoms with van der Waals surface area (Å²) in [7, 11) is 0. The molecular weight excluding hydrogens is 264 g/mol. The third-order valence-electron chi connectivity index (χ3n) is 2.80. The Morgan fingerprint density at radius 2 is 2.39 bits per heavy atom. The van der Waals surface area contributed by atoms with Gasteiger partial charge in [-0.3, -0.25) is 0 Å². The molecule has 1 N–H and O–H groups in total. The van der Waals surface area contributed by atoms with E-state index in [0.717, 1.165) is 36.4 Å². The van der Waals surface area contributed by atoms with Gasteiger partial charge in [-0.2, -0.15) is 11.8 Å². The third kappa shape index (κ3) is 3.45. The number of anilines is 2. The molecule has 1 saturated heterocycles. The van der Waals surface area contributed by atoms with Crippen LogP contribution in [0.5, 0.6) is 0 Å². The first-order valence-electron chi connectivity index (χ1n) is 6.26. The van der Waals surface area contributed by atoms with Crippen molar-refractivity contribution in [1.82, 2.24) is 9.97 Å². The van der Waals surface area contributed by atoms with E-state index in [9.17, 15) is 0 Å². The largest absolute Gasteiger partial charge is 0.370 e. The van der Waals surface area contributed by atoms with Crippen molar-refractivity contribution in [3.63, 3.8) is 0 Å². The predicted octanol–water partition coefficient (Wildman–Crippen LogP) is 2.57. The molecule has 1 aromatic heterocycles. The van der Waals surface area contributed by atoms with Gasteiger partial charge in [0, 0.05) is 36.7 Å². The van der Waals surface area contributed by atoms with Crippen molar-refractivity contribution in [2.45, 2.75) is 24.3 Å². The Morgan fingerprint density at radius 1 is 1.56 bits per heavy atom. The molecule has 1 unspecified atom stereocenters. The number of rotatable bonds is 4. The van der Waals surface area contributed by atoms with E-state index in [1.54, 1.807) is 11.8 Å². The molecule has 1 aromatic rings. The van der Waals surface area contributed by atoms with E-state index in [0.29, 0.717) is 5.25 Å². The van der Waals surface area contributed by atoms with E-state index in [4.69, 9.17) is 0 Å². The van der Waals surface area contributed by atoms with Gasteiger partial charge >= 0.3 is 0 Å². The Hall–Kier alpha value is -0.620. The second-order valence-corrected chi connectivity index (χ2v) is 6.58. The van der Waals surface area contributed by atoms with Crippen molar-refractivity contribution < 1.29 is 0 Å². The zero-order valence-corrected chi connectivity index (χ0v) is 12.8. The molecular formula is C12H20N4S2. The number of hydrogen-bond donors (Lipinski definition) is 1. The van der Waals surface area contributed by atoms with Gasteiger partial charge in [0.05, 0.1) is 0 Å². The van der Waals surface area contributed by atoms with E-state index in [-0.39, 0.29) is 0 Å². The Balaban J connectivity index is 2.22. The van der Waals surface area contributed by atoms with Crippen molar-refractivity contribution >= 4 is 35.2 Å². The Labute approximate surface area is 117 Å². The summed E-state index contributed by atoms with van der Waals surface area (Å²) in [6.45, 7) is 7.39. The Bertz CT molecular complexity index is 400. The molecule has 0 saturated carbocycles. The molecule has 1 aliphatic heterocycles. The molecule has 1 atom stereocenters. The number of nitrogens with zero attached hydrogens (tertiary/aromatic N) is 3. The lowest BCUT2D eigenvalue weighted by Gasteiger charge is -2.31. The molecule has 18 heavy (non-hydrogen) atoms. The molecule has 0 aromatic carbocycles. The third-order valence-corrected chi connectivity index (χ3v) is 4.48. The van der Waals surface area contributed by atoms with Crippen molar-refractivity contribution in [2.75, 3.05) is 41.9 Å². The van der Waals surface area contributed by atoms with Crippen LogP contribution in [0.25, 0.3) is 0 Å². The lowest BCUT2D eigenvalue weighted by atomic mass is 10.3. The van der Waals surface area contributed by atoms with Crippen LogP contribution in [-0.2, 0) is 0 Å². The molecule has 0 radical (unpaired) electrons. The van der Waals surface area contributed by atoms with Crippen LogP contribution >= 0.6 is 23.5 Å². The average molecular weight is 284 g/mol. The van der Waals surface area contributed by atoms with Crippen LogP contribution in [-0.4, -0.2) is 46.9 Å². The van der Waals surface area contributed by atoms with Gasteiger partial charge in [0.25, 0.3) is 0 Å². The fourth-order valence-electron chi connectivity index (χ4n) is 1.96. The molecule has 6 heteroatoms. The first-order valence-corrected chi connectivity index (χ1v) is 8.53. The molecule has 2 heterocycles. The average Bonchev–Trinajstić information content (AvgIpc) is 2.39. The predicted molar refractivity (Wildman–Crippen MR) is 82.1 cm³/mol. The highest BCUT2D eigenvalue weighted by Gasteiger charge is 2.19. The van der Waals surface area contributed by atoms with Gasteiger partial charge in [-0.05, 0) is 13.2 Å². The number of aromatic nitrogens is 2. The Morgan fingerprint density at radius 3 is 3.06 bits per heavy atom. The van der Waals surface area contributed by atoms with Gasteiger partial charge in [0.15, 0.2) is 5.16 Å². The van der Waals surface area contributed by atoms with Gasteiger partial charge in [0.1, 0.15) is 11.6 Å². The quantitative estimate of drug-likeness (QED) is 0.677. The van der Waals surface area contributed by atoms with Crippen LogP contribution in [0, 0.1) is 0 Å². The zero-order valence-electron chi connectivity index (χ0n) is 11.1. The summed E-state index contributed by atoms with van der Waals surface area (Å²) in [4.78, 5) is 11.4. The normalized spacial score (nSPS) is 19.9. The summed E-state index contributed by atoms with van der Waals surface area (Å²) in [6.07, 6.45) is 2.02. The van der Waals surface area contributed by atoms with Gasteiger partial charge < -0.3 is 10.2 Å². The molecule has 0 spiro atoms. The molecule has 0 bridgehead atoms. The highest BCUT2D eigenvalue weighted by molar-refractivity contribution is 8.00. The van der Waals surface area contributed by atoms with E-state index in [2.05, 4.69) is 40.1 Å². The van der Waals surface area contributed by atoms with E-state index in [1.807, 2.05) is 18.0 Å². The fraction of sp³-hybridized carbons (Fsp3) is 0.667. The number of hydrogen-bond acceptors (Lipinski definition) is 6. The summed E-state index contributed by atoms with van der Waals surface area (Å²) in [5.41, 5.74) is 0. The minimum Gasteiger partial charge on any atom is -0.370 e. The summed E-state index contributed by atoms with van der Waals surface area (Å²) < 4.78 is 0. The number of thioether (sulfide) groups is 2. The van der Waals surface area contributed by atoms with Gasteiger partial charge in [-0.15, -0.1) is 0 Å². The monoisotopic (exact) mass is 284 g/mol. The second kappa shape index (κ2) is 6.52. The van der Waals surface area contributed by atoms with E-state index >= 15 is 0 Å². The van der Waals surface area contributed by atoms with Crippen LogP contribution < -0.4 is 10.2 Å². The lowest BCUT2D eigenvalue weighted by Crippen LogP contribution is -2.37. The fourth-order valence-corrected chi connectivity index (χ4v) is 3.35. The lowest BCUT2D eigenvalue weighted by molar-refractivity contribution is 0.758. The maximum absolute atomic E-state index is 4.62. The molecule has 100 valence electrons. The van der Waals surface area contributed by atoms with Crippen LogP contribution in [0.15, 0.2) is 11.2 Å². The van der Waals surface area contributed by atoms with Gasteiger partial charge in [0.2, 0.25) is 0 Å². The highest BCUT2D eigenvalue weighted by Crippen LogP contribution is 2.25. The van der Waals surface area contributed by atoms with Gasteiger partial charge in [-0.1, -0.05) is 18.7 Å². The van der Waals surface area contributed by atoms with Crippen LogP contribution in [0.4, 0.5) is 11.6 Å². The smallest absolute Gasteiger partial charge is 0.191 e. The minimum absolute atomic E-state index is 0.675. The summed E-state index contributed by atoms with van der Waals surface area (Å²) in [5.74, 6) is 3.16. The second-order valence-electron chi connectivity index (χ2n) is 4.26. The topological polar surface area (TPSA) is 41.0 Å². The summed E-state index contributed by atoms with van der Waals surface area (Å²) >= 11 is 3.63. The Kier molecular flexibility index (Phi) is 5.00. The van der Waals surface area contributed by atoms with Gasteiger partial charge in [-0.25, -0.2) is 9.97 Å². The van der Waals surface area contributed by atoms with Crippen LogP contribution in [0.3, 0.4) is 0 Å². The molecule has 2 rings (SSSR count). The van der Waals surface area contributed by atoms with E-state index < -0.39 is 0 Å². The summed E-state index contributed by atoms with van der Waals surface area (Å²) in [6, 6.07) is 2.06. The minimum atomic E-state index is 0.675. The SMILES string of the molecule is CCNc1cc(N2CCSC(C)C2)nc(SC)n1. The van der Waals surface area contributed by atoms with Crippen molar-refractivity contribution in [3.05, 3.63) is 6.07 Å².